The number of Topliss-reactive ketones (excluding diaryl/α,β-unsaturated/α-hetero) is 1. The molecule has 0 aliphatic rings. The van der Waals surface area contributed by atoms with Crippen molar-refractivity contribution >= 4 is 51.8 Å². The van der Waals surface area contributed by atoms with Crippen molar-refractivity contribution < 1.29 is 32.0 Å². The van der Waals surface area contributed by atoms with Gasteiger partial charge in [0.15, 0.2) is 5.58 Å². The van der Waals surface area contributed by atoms with Gasteiger partial charge in [0.2, 0.25) is 11.7 Å². The average molecular weight is 591 g/mol. The van der Waals surface area contributed by atoms with Crippen LogP contribution < -0.4 is 10.6 Å². The number of amides is 2. The molecule has 0 unspecified atom stereocenters. The van der Waals surface area contributed by atoms with Gasteiger partial charge in [-0.15, -0.1) is 0 Å². The zero-order valence-electron chi connectivity index (χ0n) is 21.2. The van der Waals surface area contributed by atoms with E-state index < -0.39 is 41.8 Å². The molecular weight excluding hydrogens is 568 g/mol. The first-order chi connectivity index (χ1) is 18.9. The van der Waals surface area contributed by atoms with Crippen LogP contribution in [0, 0.1) is 5.92 Å². The zero-order valence-corrected chi connectivity index (χ0v) is 22.7. The Bertz CT molecular complexity index is 1550. The topological polar surface area (TPSA) is 88.4 Å². The molecule has 208 valence electrons. The summed E-state index contributed by atoms with van der Waals surface area (Å²) in [4.78, 5) is 39.1. The molecule has 6 nitrogen and oxygen atoms in total. The van der Waals surface area contributed by atoms with E-state index in [0.29, 0.717) is 21.5 Å². The average Bonchev–Trinajstić information content (AvgIpc) is 3.30. The molecule has 2 amide bonds. The molecule has 0 spiro atoms. The molecule has 1 heterocycles. The maximum atomic E-state index is 13.7. The van der Waals surface area contributed by atoms with Gasteiger partial charge in [0.1, 0.15) is 6.04 Å². The van der Waals surface area contributed by atoms with Gasteiger partial charge in [-0.1, -0.05) is 97.7 Å². The molecule has 0 saturated carbocycles. The van der Waals surface area contributed by atoms with Gasteiger partial charge in [0.05, 0.1) is 11.1 Å². The highest BCUT2D eigenvalue weighted by molar-refractivity contribution is 6.38. The van der Waals surface area contributed by atoms with E-state index in [1.165, 1.54) is 32.0 Å². The number of alkyl halides is 3. The van der Waals surface area contributed by atoms with E-state index in [-0.39, 0.29) is 21.9 Å². The van der Waals surface area contributed by atoms with Crippen molar-refractivity contribution in [3.05, 3.63) is 94.2 Å². The molecule has 0 fully saturated rings. The third-order valence-corrected chi connectivity index (χ3v) is 6.67. The number of carbonyl (C=O) groups is 3. The molecule has 0 aliphatic heterocycles. The van der Waals surface area contributed by atoms with E-state index in [0.717, 1.165) is 0 Å². The predicted octanol–water partition coefficient (Wildman–Crippen LogP) is 7.15. The molecule has 4 rings (SSSR count). The minimum Gasteiger partial charge on any atom is -0.449 e. The Morgan fingerprint density at radius 2 is 1.48 bits per heavy atom. The first-order valence-corrected chi connectivity index (χ1v) is 12.9. The summed E-state index contributed by atoms with van der Waals surface area (Å²) in [6, 6.07) is 16.4. The van der Waals surface area contributed by atoms with Crippen LogP contribution in [0.4, 0.5) is 13.2 Å². The van der Waals surface area contributed by atoms with Crippen LogP contribution >= 0.6 is 23.2 Å². The first-order valence-electron chi connectivity index (χ1n) is 12.1. The van der Waals surface area contributed by atoms with E-state index in [9.17, 15) is 27.6 Å². The summed E-state index contributed by atoms with van der Waals surface area (Å²) in [5.74, 6) is -5.00. The Labute approximate surface area is 237 Å². The summed E-state index contributed by atoms with van der Waals surface area (Å²) < 4.78 is 45.6. The van der Waals surface area contributed by atoms with Crippen LogP contribution in [0.15, 0.2) is 77.2 Å². The van der Waals surface area contributed by atoms with Gasteiger partial charge in [-0.05, 0) is 29.2 Å². The van der Waals surface area contributed by atoms with Crippen LogP contribution in [0.2, 0.25) is 10.0 Å². The summed E-state index contributed by atoms with van der Waals surface area (Å²) in [6.45, 7) is 2.75. The fourth-order valence-electron chi connectivity index (χ4n) is 4.27. The molecule has 0 saturated heterocycles. The van der Waals surface area contributed by atoms with Crippen molar-refractivity contribution in [3.63, 3.8) is 0 Å². The number of halogens is 5. The van der Waals surface area contributed by atoms with Gasteiger partial charge in [-0.3, -0.25) is 14.4 Å². The third-order valence-electron chi connectivity index (χ3n) is 6.17. The van der Waals surface area contributed by atoms with Crippen molar-refractivity contribution in [1.29, 1.82) is 0 Å². The van der Waals surface area contributed by atoms with Crippen LogP contribution in [0.25, 0.3) is 22.1 Å². The highest BCUT2D eigenvalue weighted by Crippen LogP contribution is 2.40. The lowest BCUT2D eigenvalue weighted by molar-refractivity contribution is -0.175. The highest BCUT2D eigenvalue weighted by Gasteiger charge is 2.45. The van der Waals surface area contributed by atoms with E-state index in [1.807, 2.05) is 0 Å². The van der Waals surface area contributed by atoms with Crippen molar-refractivity contribution in [2.75, 3.05) is 0 Å². The minimum atomic E-state index is -5.16. The van der Waals surface area contributed by atoms with E-state index in [4.69, 9.17) is 27.6 Å². The fourth-order valence-corrected chi connectivity index (χ4v) is 4.80. The Morgan fingerprint density at radius 3 is 2.05 bits per heavy atom. The first kappa shape index (κ1) is 29.2. The molecule has 40 heavy (non-hydrogen) atoms. The third kappa shape index (κ3) is 6.16. The smallest absolute Gasteiger partial charge is 0.449 e. The van der Waals surface area contributed by atoms with E-state index in [2.05, 4.69) is 10.6 Å². The van der Waals surface area contributed by atoms with Gasteiger partial charge in [-0.25, -0.2) is 0 Å². The standard InChI is InChI=1S/C29H23Cl2F3N2O4/c1-15(2)22(26(37)29(32,33)34)35-27(38)23(17-11-7-4-8-12-17)36-28(39)25-21(16-9-5-3-6-10-16)19-13-18(30)14-20(31)24(19)40-25/h3-15,22-23H,1-2H3,(H,35,38)(H,36,39)/t22-,23-/m0/s1. The molecule has 0 bridgehead atoms. The van der Waals surface area contributed by atoms with Gasteiger partial charge in [0.25, 0.3) is 11.7 Å². The molecular formula is C29H23Cl2F3N2O4. The SMILES string of the molecule is CC(C)[C@H](NC(=O)[C@@H](NC(=O)c1oc2c(Cl)cc(Cl)cc2c1-c1ccccc1)c1ccccc1)C(=O)C(F)(F)F. The second-order valence-electron chi connectivity index (χ2n) is 9.35. The number of ketones is 1. The molecule has 11 heteroatoms. The number of nitrogens with one attached hydrogen (secondary N) is 2. The number of fused-ring (bicyclic) bond motifs is 1. The number of carbonyl (C=O) groups excluding carboxylic acids is 3. The molecule has 3 aromatic carbocycles. The van der Waals surface area contributed by atoms with Crippen LogP contribution in [-0.4, -0.2) is 29.8 Å². The lowest BCUT2D eigenvalue weighted by Gasteiger charge is -2.25. The van der Waals surface area contributed by atoms with Gasteiger partial charge < -0.3 is 15.1 Å². The number of rotatable bonds is 8. The zero-order chi connectivity index (χ0) is 29.2. The Hall–Kier alpha value is -3.82. The predicted molar refractivity (Wildman–Crippen MR) is 146 cm³/mol. The summed E-state index contributed by atoms with van der Waals surface area (Å²) in [5, 5.41) is 5.65. The second kappa shape index (κ2) is 11.7. The van der Waals surface area contributed by atoms with Gasteiger partial charge >= 0.3 is 6.18 Å². The van der Waals surface area contributed by atoms with E-state index in [1.54, 1.807) is 54.6 Å². The largest absolute Gasteiger partial charge is 0.452 e. The normalized spacial score (nSPS) is 13.2. The van der Waals surface area contributed by atoms with Crippen LogP contribution in [0.3, 0.4) is 0 Å². The molecule has 2 N–H and O–H groups in total. The minimum absolute atomic E-state index is 0.154. The summed E-state index contributed by atoms with van der Waals surface area (Å²) in [5.41, 5.74) is 1.42. The number of benzene rings is 3. The number of hydrogen-bond acceptors (Lipinski definition) is 4. The summed E-state index contributed by atoms with van der Waals surface area (Å²) in [7, 11) is 0. The Morgan fingerprint density at radius 1 is 0.875 bits per heavy atom. The van der Waals surface area contributed by atoms with Crippen LogP contribution in [0.1, 0.15) is 36.0 Å². The van der Waals surface area contributed by atoms with Gasteiger partial charge in [-0.2, -0.15) is 13.2 Å². The van der Waals surface area contributed by atoms with Crippen molar-refractivity contribution in [1.82, 2.24) is 10.6 Å². The van der Waals surface area contributed by atoms with Crippen molar-refractivity contribution in [2.24, 2.45) is 5.92 Å². The Kier molecular flexibility index (Phi) is 8.56. The monoisotopic (exact) mass is 590 g/mol. The van der Waals surface area contributed by atoms with Crippen molar-refractivity contribution in [3.8, 4) is 11.1 Å². The quantitative estimate of drug-likeness (QED) is 0.228. The van der Waals surface area contributed by atoms with Gasteiger partial charge in [0, 0.05) is 16.0 Å². The lowest BCUT2D eigenvalue weighted by Crippen LogP contribution is -2.52. The second-order valence-corrected chi connectivity index (χ2v) is 10.2. The maximum Gasteiger partial charge on any atom is 0.452 e. The maximum absolute atomic E-state index is 13.7. The van der Waals surface area contributed by atoms with Crippen LogP contribution in [-0.2, 0) is 9.59 Å². The lowest BCUT2D eigenvalue weighted by atomic mass is 9.97. The highest BCUT2D eigenvalue weighted by atomic mass is 35.5. The van der Waals surface area contributed by atoms with E-state index >= 15 is 0 Å². The fraction of sp³-hybridized carbons (Fsp3) is 0.207. The Balaban J connectivity index is 1.76. The number of furan rings is 1. The molecule has 4 aromatic rings. The number of hydrogen-bond donors (Lipinski definition) is 2. The molecule has 0 radical (unpaired) electrons. The molecule has 2 atom stereocenters. The van der Waals surface area contributed by atoms with Crippen molar-refractivity contribution in [2.45, 2.75) is 32.1 Å². The molecule has 1 aromatic heterocycles. The summed E-state index contributed by atoms with van der Waals surface area (Å²) in [6.07, 6.45) is -5.16. The van der Waals surface area contributed by atoms with Crippen LogP contribution in [0.5, 0.6) is 0 Å². The molecule has 0 aliphatic carbocycles. The summed E-state index contributed by atoms with van der Waals surface area (Å²) >= 11 is 12.6.